The van der Waals surface area contributed by atoms with Crippen LogP contribution in [0.1, 0.15) is 11.3 Å². The molecule has 1 aromatic rings. The maximum Gasteiger partial charge on any atom is 0.149 e. The predicted octanol–water partition coefficient (Wildman–Crippen LogP) is 0.0567. The van der Waals surface area contributed by atoms with Gasteiger partial charge < -0.3 is 5.32 Å². The summed E-state index contributed by atoms with van der Waals surface area (Å²) in [5.41, 5.74) is 1.09. The van der Waals surface area contributed by atoms with Gasteiger partial charge in [-0.25, -0.2) is 8.42 Å². The zero-order valence-corrected chi connectivity index (χ0v) is 10.3. The number of nitriles is 1. The molecule has 6 nitrogen and oxygen atoms in total. The summed E-state index contributed by atoms with van der Waals surface area (Å²) < 4.78 is 23.4. The van der Waals surface area contributed by atoms with Gasteiger partial charge >= 0.3 is 0 Å². The molecule has 0 amide bonds. The molecule has 1 heterocycles. The molecule has 0 radical (unpaired) electrons. The van der Waals surface area contributed by atoms with Crippen LogP contribution < -0.4 is 5.32 Å². The average Bonchev–Trinajstić information content (AvgIpc) is 2.39. The molecule has 16 heavy (non-hydrogen) atoms. The van der Waals surface area contributed by atoms with Crippen molar-refractivity contribution in [3.05, 3.63) is 11.3 Å². The van der Waals surface area contributed by atoms with Crippen LogP contribution in [0, 0.1) is 18.3 Å². The normalized spacial score (nSPS) is 11.1. The number of nitrogens with zero attached hydrogens (tertiary/aromatic N) is 3. The topological polar surface area (TPSA) is 87.8 Å². The molecule has 0 unspecified atom stereocenters. The van der Waals surface area contributed by atoms with Crippen LogP contribution in [0.5, 0.6) is 0 Å². The zero-order valence-electron chi connectivity index (χ0n) is 9.48. The first kappa shape index (κ1) is 12.5. The lowest BCUT2D eigenvalue weighted by Crippen LogP contribution is -2.16. The summed E-state index contributed by atoms with van der Waals surface area (Å²) in [6.07, 6.45) is 1.17. The Morgan fingerprint density at radius 1 is 1.56 bits per heavy atom. The Labute approximate surface area is 94.8 Å². The Bertz CT molecular complexity index is 524. The standard InChI is InChI=1S/C9H14N4O2S/c1-7-8(6-10)9(13(2)12-7)11-4-5-16(3,14)15/h11H,4-5H2,1-3H3. The quantitative estimate of drug-likeness (QED) is 0.806. The van der Waals surface area contributed by atoms with E-state index in [2.05, 4.69) is 10.4 Å². The lowest BCUT2D eigenvalue weighted by Gasteiger charge is -2.05. The van der Waals surface area contributed by atoms with Crippen LogP contribution in [0.2, 0.25) is 0 Å². The summed E-state index contributed by atoms with van der Waals surface area (Å²) in [6, 6.07) is 2.04. The Morgan fingerprint density at radius 3 is 2.69 bits per heavy atom. The molecule has 1 aromatic heterocycles. The minimum atomic E-state index is -2.99. The first-order valence-corrected chi connectivity index (χ1v) is 6.76. The number of nitrogens with one attached hydrogen (secondary N) is 1. The molecule has 0 atom stereocenters. The zero-order chi connectivity index (χ0) is 12.3. The fourth-order valence-corrected chi connectivity index (χ4v) is 1.82. The van der Waals surface area contributed by atoms with Crippen LogP contribution in [0.25, 0.3) is 0 Å². The van der Waals surface area contributed by atoms with Crippen molar-refractivity contribution in [2.45, 2.75) is 6.92 Å². The van der Waals surface area contributed by atoms with E-state index in [0.29, 0.717) is 17.1 Å². The lowest BCUT2D eigenvalue weighted by molar-refractivity contribution is 0.602. The molecule has 7 heteroatoms. The van der Waals surface area contributed by atoms with Crippen LogP contribution in [0.15, 0.2) is 0 Å². The van der Waals surface area contributed by atoms with Gasteiger partial charge in [-0.3, -0.25) is 4.68 Å². The maximum atomic E-state index is 10.9. The third-order valence-corrected chi connectivity index (χ3v) is 3.05. The van der Waals surface area contributed by atoms with Crippen molar-refractivity contribution in [1.29, 1.82) is 5.26 Å². The highest BCUT2D eigenvalue weighted by Gasteiger charge is 2.12. The number of hydrogen-bond donors (Lipinski definition) is 1. The second-order valence-corrected chi connectivity index (χ2v) is 5.86. The van der Waals surface area contributed by atoms with Gasteiger partial charge in [-0.2, -0.15) is 10.4 Å². The Hall–Kier alpha value is -1.55. The Balaban J connectivity index is 2.79. The molecule has 1 N–H and O–H groups in total. The predicted molar refractivity (Wildman–Crippen MR) is 60.9 cm³/mol. The first-order chi connectivity index (χ1) is 7.35. The van der Waals surface area contributed by atoms with Crippen molar-refractivity contribution >= 4 is 15.7 Å². The molecule has 0 aromatic carbocycles. The van der Waals surface area contributed by atoms with E-state index in [4.69, 9.17) is 5.26 Å². The molecule has 88 valence electrons. The van der Waals surface area contributed by atoms with E-state index >= 15 is 0 Å². The monoisotopic (exact) mass is 242 g/mol. The summed E-state index contributed by atoms with van der Waals surface area (Å²) in [5.74, 6) is 0.589. The lowest BCUT2D eigenvalue weighted by atomic mass is 10.2. The van der Waals surface area contributed by atoms with Crippen molar-refractivity contribution in [3.8, 4) is 6.07 Å². The van der Waals surface area contributed by atoms with Gasteiger partial charge in [0.1, 0.15) is 27.3 Å². The molecule has 0 saturated carbocycles. The fourth-order valence-electron chi connectivity index (χ4n) is 1.35. The second-order valence-electron chi connectivity index (χ2n) is 3.60. The molecule has 0 fully saturated rings. The number of hydrogen-bond acceptors (Lipinski definition) is 5. The fraction of sp³-hybridized carbons (Fsp3) is 0.556. The van der Waals surface area contributed by atoms with Crippen LogP contribution in [0.4, 0.5) is 5.82 Å². The van der Waals surface area contributed by atoms with Crippen molar-refractivity contribution in [2.24, 2.45) is 7.05 Å². The van der Waals surface area contributed by atoms with Gasteiger partial charge in [-0.15, -0.1) is 0 Å². The van der Waals surface area contributed by atoms with Crippen LogP contribution in [0.3, 0.4) is 0 Å². The molecular weight excluding hydrogens is 228 g/mol. The maximum absolute atomic E-state index is 10.9. The summed E-state index contributed by atoms with van der Waals surface area (Å²) in [6.45, 7) is 2.01. The average molecular weight is 242 g/mol. The molecule has 0 spiro atoms. The highest BCUT2D eigenvalue weighted by atomic mass is 32.2. The van der Waals surface area contributed by atoms with Gasteiger partial charge in [0.25, 0.3) is 0 Å². The van der Waals surface area contributed by atoms with E-state index in [1.165, 1.54) is 10.9 Å². The van der Waals surface area contributed by atoms with Gasteiger partial charge in [0.05, 0.1) is 11.4 Å². The van der Waals surface area contributed by atoms with Gasteiger partial charge in [-0.05, 0) is 6.92 Å². The minimum Gasteiger partial charge on any atom is -0.368 e. The highest BCUT2D eigenvalue weighted by Crippen LogP contribution is 2.16. The number of aryl methyl sites for hydroxylation is 2. The molecule has 0 aliphatic heterocycles. The number of anilines is 1. The van der Waals surface area contributed by atoms with Gasteiger partial charge in [-0.1, -0.05) is 0 Å². The molecule has 1 rings (SSSR count). The first-order valence-electron chi connectivity index (χ1n) is 4.70. The molecular formula is C9H14N4O2S. The number of aromatic nitrogens is 2. The van der Waals surface area contributed by atoms with Gasteiger partial charge in [0.2, 0.25) is 0 Å². The van der Waals surface area contributed by atoms with Gasteiger partial charge in [0, 0.05) is 19.8 Å². The van der Waals surface area contributed by atoms with Crippen molar-refractivity contribution in [2.75, 3.05) is 23.9 Å². The third kappa shape index (κ3) is 2.97. The SMILES string of the molecule is Cc1nn(C)c(NCCS(C)(=O)=O)c1C#N. The summed E-state index contributed by atoms with van der Waals surface area (Å²) in [4.78, 5) is 0. The molecule has 0 aliphatic rings. The second kappa shape index (κ2) is 4.53. The van der Waals surface area contributed by atoms with Crippen molar-refractivity contribution in [3.63, 3.8) is 0 Å². The van der Waals surface area contributed by atoms with Gasteiger partial charge in [0.15, 0.2) is 0 Å². The van der Waals surface area contributed by atoms with E-state index in [-0.39, 0.29) is 12.3 Å². The van der Waals surface area contributed by atoms with Crippen LogP contribution in [-0.4, -0.2) is 36.8 Å². The van der Waals surface area contributed by atoms with E-state index in [0.717, 1.165) is 0 Å². The number of rotatable bonds is 4. The van der Waals surface area contributed by atoms with E-state index in [1.54, 1.807) is 14.0 Å². The summed E-state index contributed by atoms with van der Waals surface area (Å²) >= 11 is 0. The van der Waals surface area contributed by atoms with E-state index in [9.17, 15) is 8.42 Å². The Kier molecular flexibility index (Phi) is 3.55. The molecule has 0 bridgehead atoms. The molecule has 0 aliphatic carbocycles. The highest BCUT2D eigenvalue weighted by molar-refractivity contribution is 7.90. The van der Waals surface area contributed by atoms with Crippen molar-refractivity contribution < 1.29 is 8.42 Å². The molecule has 0 saturated heterocycles. The van der Waals surface area contributed by atoms with E-state index < -0.39 is 9.84 Å². The minimum absolute atomic E-state index is 0.0299. The largest absolute Gasteiger partial charge is 0.368 e. The summed E-state index contributed by atoms with van der Waals surface area (Å²) in [7, 11) is -1.29. The number of sulfone groups is 1. The van der Waals surface area contributed by atoms with Crippen LogP contribution in [-0.2, 0) is 16.9 Å². The Morgan fingerprint density at radius 2 is 2.19 bits per heavy atom. The van der Waals surface area contributed by atoms with E-state index in [1.807, 2.05) is 6.07 Å². The third-order valence-electron chi connectivity index (χ3n) is 2.10. The smallest absolute Gasteiger partial charge is 0.149 e. The summed E-state index contributed by atoms with van der Waals surface area (Å²) in [5, 5.41) is 15.9. The van der Waals surface area contributed by atoms with Crippen LogP contribution >= 0.6 is 0 Å². The van der Waals surface area contributed by atoms with Crippen molar-refractivity contribution in [1.82, 2.24) is 9.78 Å².